The Morgan fingerprint density at radius 2 is 2.12 bits per heavy atom. The molecule has 2 heterocycles. The number of carbonyl (C=O) groups is 1. The minimum absolute atomic E-state index is 0.0932. The number of thioether (sulfide) groups is 1. The highest BCUT2D eigenvalue weighted by molar-refractivity contribution is 8.00. The lowest BCUT2D eigenvalue weighted by Crippen LogP contribution is -2.28. The number of hydrogen-bond acceptors (Lipinski definition) is 5. The maximum atomic E-state index is 12.3. The van der Waals surface area contributed by atoms with Crippen molar-refractivity contribution in [1.82, 2.24) is 14.9 Å². The van der Waals surface area contributed by atoms with Crippen LogP contribution in [0.25, 0.3) is 0 Å². The van der Waals surface area contributed by atoms with E-state index in [2.05, 4.69) is 9.97 Å². The van der Waals surface area contributed by atoms with E-state index in [4.69, 9.17) is 11.6 Å². The molecule has 24 heavy (non-hydrogen) atoms. The second-order valence-electron chi connectivity index (χ2n) is 5.93. The van der Waals surface area contributed by atoms with Crippen LogP contribution in [0.1, 0.15) is 22.3 Å². The van der Waals surface area contributed by atoms with Crippen molar-refractivity contribution in [3.8, 4) is 0 Å². The van der Waals surface area contributed by atoms with Gasteiger partial charge in [0.1, 0.15) is 5.37 Å². The predicted molar refractivity (Wildman–Crippen MR) is 98.3 cm³/mol. The summed E-state index contributed by atoms with van der Waals surface area (Å²) < 4.78 is 0. The second-order valence-corrected chi connectivity index (χ2v) is 7.41. The van der Waals surface area contributed by atoms with Crippen LogP contribution in [0.4, 0.5) is 5.69 Å². The molecule has 1 aliphatic heterocycles. The van der Waals surface area contributed by atoms with E-state index < -0.39 is 0 Å². The number of halogens is 1. The molecule has 0 radical (unpaired) electrons. The molecular formula is C17H19ClN4OS. The van der Waals surface area contributed by atoms with E-state index in [1.807, 2.05) is 49.0 Å². The van der Waals surface area contributed by atoms with Crippen molar-refractivity contribution >= 4 is 35.0 Å². The van der Waals surface area contributed by atoms with Gasteiger partial charge in [0.05, 0.1) is 29.9 Å². The average molecular weight is 363 g/mol. The highest BCUT2D eigenvalue weighted by atomic mass is 35.5. The average Bonchev–Trinajstić information content (AvgIpc) is 2.90. The van der Waals surface area contributed by atoms with Gasteiger partial charge in [-0.25, -0.2) is 0 Å². The molecule has 126 valence electrons. The van der Waals surface area contributed by atoms with Crippen LogP contribution >= 0.6 is 23.4 Å². The van der Waals surface area contributed by atoms with Crippen molar-refractivity contribution in [2.45, 2.75) is 18.8 Å². The molecule has 0 spiro atoms. The second kappa shape index (κ2) is 6.99. The topological polar surface area (TPSA) is 49.3 Å². The van der Waals surface area contributed by atoms with Gasteiger partial charge in [-0.2, -0.15) is 0 Å². The first-order chi connectivity index (χ1) is 11.5. The maximum absolute atomic E-state index is 12.3. The number of nitrogens with zero attached hydrogens (tertiary/aromatic N) is 4. The largest absolute Gasteiger partial charge is 0.378 e. The van der Waals surface area contributed by atoms with E-state index in [-0.39, 0.29) is 11.3 Å². The lowest BCUT2D eigenvalue weighted by atomic mass is 10.1. The van der Waals surface area contributed by atoms with Gasteiger partial charge in [-0.3, -0.25) is 14.8 Å². The van der Waals surface area contributed by atoms with Gasteiger partial charge in [0.15, 0.2) is 0 Å². The van der Waals surface area contributed by atoms with E-state index in [9.17, 15) is 4.79 Å². The van der Waals surface area contributed by atoms with Gasteiger partial charge in [-0.05, 0) is 19.1 Å². The lowest BCUT2D eigenvalue weighted by Gasteiger charge is -2.25. The summed E-state index contributed by atoms with van der Waals surface area (Å²) in [5, 5.41) is 0.581. The minimum Gasteiger partial charge on any atom is -0.378 e. The molecule has 1 fully saturated rings. The highest BCUT2D eigenvalue weighted by Gasteiger charge is 2.34. The monoisotopic (exact) mass is 362 g/mol. The molecule has 0 saturated carbocycles. The van der Waals surface area contributed by atoms with Crippen molar-refractivity contribution < 1.29 is 4.79 Å². The molecule has 2 aromatic rings. The molecule has 1 aromatic carbocycles. The van der Waals surface area contributed by atoms with Crippen molar-refractivity contribution in [1.29, 1.82) is 0 Å². The molecular weight excluding hydrogens is 344 g/mol. The summed E-state index contributed by atoms with van der Waals surface area (Å²) in [6, 6.07) is 5.96. The normalized spacial score (nSPS) is 17.4. The summed E-state index contributed by atoms with van der Waals surface area (Å²) in [6.45, 7) is 2.33. The fourth-order valence-electron chi connectivity index (χ4n) is 2.55. The summed E-state index contributed by atoms with van der Waals surface area (Å²) in [5.74, 6) is 0.551. The maximum Gasteiger partial charge on any atom is 0.234 e. The number of hydrogen-bond donors (Lipinski definition) is 0. The Morgan fingerprint density at radius 3 is 2.75 bits per heavy atom. The van der Waals surface area contributed by atoms with Crippen LogP contribution in [-0.2, 0) is 11.3 Å². The van der Waals surface area contributed by atoms with Crippen LogP contribution in [0, 0.1) is 6.92 Å². The Balaban J connectivity index is 1.86. The zero-order valence-electron chi connectivity index (χ0n) is 13.9. The van der Waals surface area contributed by atoms with E-state index in [1.165, 1.54) is 0 Å². The van der Waals surface area contributed by atoms with Gasteiger partial charge in [0.25, 0.3) is 0 Å². The molecule has 1 unspecified atom stereocenters. The van der Waals surface area contributed by atoms with Crippen molar-refractivity contribution in [2.24, 2.45) is 0 Å². The van der Waals surface area contributed by atoms with Gasteiger partial charge < -0.3 is 9.80 Å². The Labute approximate surface area is 151 Å². The number of amides is 1. The van der Waals surface area contributed by atoms with Crippen LogP contribution in [0.3, 0.4) is 0 Å². The predicted octanol–water partition coefficient (Wildman–Crippen LogP) is 3.28. The van der Waals surface area contributed by atoms with E-state index >= 15 is 0 Å². The molecule has 1 saturated heterocycles. The molecule has 0 N–H and O–H groups in total. The third kappa shape index (κ3) is 3.49. The van der Waals surface area contributed by atoms with Crippen LogP contribution in [0.2, 0.25) is 5.02 Å². The Hall–Kier alpha value is -1.79. The number of benzene rings is 1. The number of aryl methyl sites for hydroxylation is 1. The molecule has 1 amide bonds. The Bertz CT molecular complexity index is 751. The van der Waals surface area contributed by atoms with Crippen molar-refractivity contribution in [2.75, 3.05) is 24.7 Å². The molecule has 5 nitrogen and oxygen atoms in total. The van der Waals surface area contributed by atoms with Crippen LogP contribution in [0.5, 0.6) is 0 Å². The van der Waals surface area contributed by atoms with E-state index in [0.29, 0.717) is 17.3 Å². The first-order valence-electron chi connectivity index (χ1n) is 7.61. The fraction of sp³-hybridized carbons (Fsp3) is 0.353. The number of anilines is 1. The van der Waals surface area contributed by atoms with Gasteiger partial charge in [-0.1, -0.05) is 17.7 Å². The summed E-state index contributed by atoms with van der Waals surface area (Å²) >= 11 is 8.08. The smallest absolute Gasteiger partial charge is 0.234 e. The quantitative estimate of drug-likeness (QED) is 0.835. The number of rotatable bonds is 4. The van der Waals surface area contributed by atoms with Crippen molar-refractivity contribution in [3.63, 3.8) is 0 Å². The van der Waals surface area contributed by atoms with Gasteiger partial charge in [-0.15, -0.1) is 11.8 Å². The van der Waals surface area contributed by atoms with Crippen molar-refractivity contribution in [3.05, 3.63) is 52.6 Å². The summed E-state index contributed by atoms with van der Waals surface area (Å²) in [5.41, 5.74) is 3.63. The fourth-order valence-corrected chi connectivity index (χ4v) is 4.12. The van der Waals surface area contributed by atoms with E-state index in [0.717, 1.165) is 22.6 Å². The van der Waals surface area contributed by atoms with Gasteiger partial charge >= 0.3 is 0 Å². The van der Waals surface area contributed by atoms with Crippen LogP contribution in [-0.4, -0.2) is 40.6 Å². The molecule has 1 atom stereocenters. The third-order valence-electron chi connectivity index (χ3n) is 3.90. The molecule has 0 aliphatic carbocycles. The Kier molecular flexibility index (Phi) is 4.96. The summed E-state index contributed by atoms with van der Waals surface area (Å²) in [6.07, 6.45) is 3.44. The van der Waals surface area contributed by atoms with Crippen LogP contribution < -0.4 is 4.90 Å². The number of aromatic nitrogens is 2. The summed E-state index contributed by atoms with van der Waals surface area (Å²) in [7, 11) is 3.95. The minimum atomic E-state index is -0.0932. The molecule has 1 aliphatic rings. The highest BCUT2D eigenvalue weighted by Crippen LogP contribution is 2.42. The standard InChI is InChI=1S/C17H19ClN4OS/c1-11-7-20-12(8-19-11)9-22-16(23)10-24-17(22)14-5-4-13(21(2)3)6-15(14)18/h4-8,17H,9-10H2,1-3H3. The molecule has 1 aromatic heterocycles. The van der Waals surface area contributed by atoms with Gasteiger partial charge in [0.2, 0.25) is 5.91 Å². The molecule has 7 heteroatoms. The third-order valence-corrected chi connectivity index (χ3v) is 5.47. The Morgan fingerprint density at radius 1 is 1.33 bits per heavy atom. The molecule has 0 bridgehead atoms. The zero-order chi connectivity index (χ0) is 17.3. The number of carbonyl (C=O) groups excluding carboxylic acids is 1. The van der Waals surface area contributed by atoms with Crippen LogP contribution in [0.15, 0.2) is 30.6 Å². The lowest BCUT2D eigenvalue weighted by molar-refractivity contribution is -0.128. The first-order valence-corrected chi connectivity index (χ1v) is 9.04. The zero-order valence-corrected chi connectivity index (χ0v) is 15.4. The molecule has 3 rings (SSSR count). The first kappa shape index (κ1) is 17.0. The van der Waals surface area contributed by atoms with E-state index in [1.54, 1.807) is 24.2 Å². The summed E-state index contributed by atoms with van der Waals surface area (Å²) in [4.78, 5) is 24.8. The SMILES string of the molecule is Cc1cnc(CN2C(=O)CSC2c2ccc(N(C)C)cc2Cl)cn1. The van der Waals surface area contributed by atoms with Gasteiger partial charge in [0, 0.05) is 36.6 Å².